The van der Waals surface area contributed by atoms with Crippen LogP contribution in [-0.4, -0.2) is 59.8 Å². The zero-order valence-electron chi connectivity index (χ0n) is 14.2. The molecule has 1 saturated heterocycles. The second-order valence-corrected chi connectivity index (χ2v) is 6.70. The van der Waals surface area contributed by atoms with Crippen LogP contribution in [0.25, 0.3) is 0 Å². The summed E-state index contributed by atoms with van der Waals surface area (Å²) >= 11 is 0. The molecule has 1 aliphatic heterocycles. The van der Waals surface area contributed by atoms with Gasteiger partial charge in [-0.2, -0.15) is 0 Å². The summed E-state index contributed by atoms with van der Waals surface area (Å²) in [6.07, 6.45) is 4.43. The van der Waals surface area contributed by atoms with Crippen molar-refractivity contribution in [2.75, 3.05) is 32.7 Å². The second kappa shape index (κ2) is 8.84. The summed E-state index contributed by atoms with van der Waals surface area (Å²) in [5.41, 5.74) is -0.949. The number of nitrogens with one attached hydrogen (secondary N) is 1. The van der Waals surface area contributed by atoms with Crippen molar-refractivity contribution in [3.8, 4) is 0 Å². The van der Waals surface area contributed by atoms with Crippen LogP contribution in [0.1, 0.15) is 27.2 Å². The molecule has 0 aromatic rings. The Bertz CT molecular complexity index is 479. The summed E-state index contributed by atoms with van der Waals surface area (Å²) in [7, 11) is 0. The normalized spacial score (nSPS) is 24.6. The van der Waals surface area contributed by atoms with Crippen molar-refractivity contribution in [3.05, 3.63) is 23.8 Å². The number of aliphatic carboxylic acids is 2. The lowest BCUT2D eigenvalue weighted by molar-refractivity contribution is -0.145. The smallest absolute Gasteiger partial charge is 0.331 e. The Labute approximate surface area is 137 Å². The maximum absolute atomic E-state index is 10.8. The lowest BCUT2D eigenvalue weighted by Crippen LogP contribution is -2.44. The van der Waals surface area contributed by atoms with E-state index < -0.39 is 17.4 Å². The van der Waals surface area contributed by atoms with Crippen LogP contribution in [0.5, 0.6) is 0 Å². The maximum Gasteiger partial charge on any atom is 0.331 e. The molecular formula is C17H28N2O4. The number of hydrogen-bond acceptors (Lipinski definition) is 4. The molecule has 6 nitrogen and oxygen atoms in total. The van der Waals surface area contributed by atoms with Crippen LogP contribution in [0.4, 0.5) is 0 Å². The molecule has 3 N–H and O–H groups in total. The molecule has 1 fully saturated rings. The minimum atomic E-state index is -1.08. The van der Waals surface area contributed by atoms with Gasteiger partial charge in [-0.25, -0.2) is 4.79 Å². The van der Waals surface area contributed by atoms with Gasteiger partial charge in [-0.05, 0) is 19.3 Å². The monoisotopic (exact) mass is 324 g/mol. The van der Waals surface area contributed by atoms with Crippen molar-refractivity contribution in [2.45, 2.75) is 27.2 Å². The molecular weight excluding hydrogens is 296 g/mol. The molecule has 0 aromatic carbocycles. The molecule has 0 saturated carbocycles. The van der Waals surface area contributed by atoms with Crippen molar-refractivity contribution in [2.24, 2.45) is 11.3 Å². The van der Waals surface area contributed by atoms with Gasteiger partial charge >= 0.3 is 11.9 Å². The number of rotatable bonds is 4. The zero-order chi connectivity index (χ0) is 17.5. The van der Waals surface area contributed by atoms with E-state index in [0.717, 1.165) is 5.92 Å². The predicted molar refractivity (Wildman–Crippen MR) is 89.4 cm³/mol. The molecule has 23 heavy (non-hydrogen) atoms. The van der Waals surface area contributed by atoms with Crippen molar-refractivity contribution in [1.82, 2.24) is 10.2 Å². The summed E-state index contributed by atoms with van der Waals surface area (Å²) in [6, 6.07) is 0. The van der Waals surface area contributed by atoms with Crippen LogP contribution < -0.4 is 5.32 Å². The van der Waals surface area contributed by atoms with E-state index >= 15 is 0 Å². The third kappa shape index (κ3) is 6.54. The first-order valence-corrected chi connectivity index (χ1v) is 8.03. The van der Waals surface area contributed by atoms with Gasteiger partial charge < -0.3 is 20.4 Å². The lowest BCUT2D eigenvalue weighted by atomic mass is 9.80. The van der Waals surface area contributed by atoms with Gasteiger partial charge in [0.05, 0.1) is 5.41 Å². The minimum absolute atomic E-state index is 0.0359. The van der Waals surface area contributed by atoms with Crippen LogP contribution in [0, 0.1) is 11.3 Å². The van der Waals surface area contributed by atoms with Crippen molar-refractivity contribution < 1.29 is 19.8 Å². The van der Waals surface area contributed by atoms with Crippen LogP contribution >= 0.6 is 0 Å². The molecule has 1 aliphatic carbocycles. The highest BCUT2D eigenvalue weighted by Crippen LogP contribution is 2.31. The molecule has 1 unspecified atom stereocenters. The number of nitrogens with zero attached hydrogens (tertiary/aromatic N) is 1. The number of piperazine rings is 1. The van der Waals surface area contributed by atoms with E-state index in [0.29, 0.717) is 0 Å². The number of carboxylic acids is 2. The topological polar surface area (TPSA) is 89.9 Å². The Hall–Kier alpha value is -1.66. The fraction of sp³-hybridized carbons (Fsp3) is 0.647. The molecule has 0 aromatic heterocycles. The average Bonchev–Trinajstić information content (AvgIpc) is 2.48. The summed E-state index contributed by atoms with van der Waals surface area (Å²) < 4.78 is 0. The fourth-order valence-corrected chi connectivity index (χ4v) is 2.59. The molecule has 0 radical (unpaired) electrons. The zero-order valence-corrected chi connectivity index (χ0v) is 14.2. The van der Waals surface area contributed by atoms with Crippen molar-refractivity contribution >= 4 is 11.9 Å². The van der Waals surface area contributed by atoms with E-state index in [1.165, 1.54) is 57.9 Å². The largest absolute Gasteiger partial charge is 0.481 e. The SMILES string of the molecule is CC(C)CN1CCNCC1.CC1(C(=O)O)C=CC=C(C(=O)O)C1. The lowest BCUT2D eigenvalue weighted by Gasteiger charge is -2.28. The molecule has 0 amide bonds. The fourth-order valence-electron chi connectivity index (χ4n) is 2.59. The molecule has 2 aliphatic rings. The number of carbonyl (C=O) groups is 2. The number of allylic oxidation sites excluding steroid dienone is 2. The first kappa shape index (κ1) is 19.4. The van der Waals surface area contributed by atoms with Crippen LogP contribution in [-0.2, 0) is 9.59 Å². The highest BCUT2D eigenvalue weighted by Gasteiger charge is 2.34. The maximum atomic E-state index is 10.8. The third-order valence-electron chi connectivity index (χ3n) is 3.92. The summed E-state index contributed by atoms with van der Waals surface area (Å²) in [5.74, 6) is -1.24. The predicted octanol–water partition coefficient (Wildman–Crippen LogP) is 1.60. The molecule has 0 bridgehead atoms. The molecule has 1 heterocycles. The Morgan fingerprint density at radius 3 is 2.39 bits per heavy atom. The quantitative estimate of drug-likeness (QED) is 0.728. The molecule has 130 valence electrons. The van der Waals surface area contributed by atoms with Crippen LogP contribution in [0.15, 0.2) is 23.8 Å². The highest BCUT2D eigenvalue weighted by atomic mass is 16.4. The van der Waals surface area contributed by atoms with Crippen LogP contribution in [0.2, 0.25) is 0 Å². The van der Waals surface area contributed by atoms with E-state index in [9.17, 15) is 9.59 Å². The van der Waals surface area contributed by atoms with Gasteiger partial charge in [0.15, 0.2) is 0 Å². The van der Waals surface area contributed by atoms with Gasteiger partial charge in [0.2, 0.25) is 0 Å². The van der Waals surface area contributed by atoms with E-state index in [4.69, 9.17) is 10.2 Å². The average molecular weight is 324 g/mol. The Morgan fingerprint density at radius 2 is 1.91 bits per heavy atom. The molecule has 2 rings (SSSR count). The van der Waals surface area contributed by atoms with E-state index in [1.54, 1.807) is 0 Å². The second-order valence-electron chi connectivity index (χ2n) is 6.70. The molecule has 1 atom stereocenters. The first-order chi connectivity index (χ1) is 10.7. The molecule has 6 heteroatoms. The first-order valence-electron chi connectivity index (χ1n) is 8.03. The van der Waals surface area contributed by atoms with Gasteiger partial charge in [-0.15, -0.1) is 0 Å². The van der Waals surface area contributed by atoms with Crippen molar-refractivity contribution in [1.29, 1.82) is 0 Å². The van der Waals surface area contributed by atoms with Crippen molar-refractivity contribution in [3.63, 3.8) is 0 Å². The number of hydrogen-bond donors (Lipinski definition) is 3. The Morgan fingerprint density at radius 1 is 1.30 bits per heavy atom. The standard InChI is InChI=1S/C9H10O4.C8H18N2/c1-9(8(12)13)4-2-3-6(5-9)7(10)11;1-8(2)7-10-5-3-9-4-6-10/h2-4H,5H2,1H3,(H,10,11)(H,12,13);8-9H,3-7H2,1-2H3. The van der Waals surface area contributed by atoms with Gasteiger partial charge in [-0.3, -0.25) is 4.79 Å². The third-order valence-corrected chi connectivity index (χ3v) is 3.92. The Kier molecular flexibility index (Phi) is 7.45. The molecule has 0 spiro atoms. The van der Waals surface area contributed by atoms with E-state index in [2.05, 4.69) is 24.1 Å². The summed E-state index contributed by atoms with van der Waals surface area (Å²) in [5, 5.41) is 20.8. The highest BCUT2D eigenvalue weighted by molar-refractivity contribution is 5.90. The minimum Gasteiger partial charge on any atom is -0.481 e. The van der Waals surface area contributed by atoms with E-state index in [1.807, 2.05) is 0 Å². The summed E-state index contributed by atoms with van der Waals surface area (Å²) in [6.45, 7) is 12.1. The number of carboxylic acid groups (broad SMARTS) is 2. The van der Waals surface area contributed by atoms with Gasteiger partial charge in [-0.1, -0.05) is 32.1 Å². The van der Waals surface area contributed by atoms with Crippen LogP contribution in [0.3, 0.4) is 0 Å². The Balaban J connectivity index is 0.000000238. The van der Waals surface area contributed by atoms with E-state index in [-0.39, 0.29) is 12.0 Å². The van der Waals surface area contributed by atoms with Gasteiger partial charge in [0.1, 0.15) is 0 Å². The van der Waals surface area contributed by atoms with Gasteiger partial charge in [0, 0.05) is 38.3 Å². The van der Waals surface area contributed by atoms with Gasteiger partial charge in [0.25, 0.3) is 0 Å². The summed E-state index contributed by atoms with van der Waals surface area (Å²) in [4.78, 5) is 23.9.